The number of aromatic nitrogens is 1. The quantitative estimate of drug-likeness (QED) is 0.577. The van der Waals surface area contributed by atoms with E-state index in [-0.39, 0.29) is 12.3 Å². The summed E-state index contributed by atoms with van der Waals surface area (Å²) in [6, 6.07) is 12.8. The van der Waals surface area contributed by atoms with Crippen molar-refractivity contribution < 1.29 is 18.0 Å². The third-order valence-corrected chi connectivity index (χ3v) is 4.71. The van der Waals surface area contributed by atoms with E-state index in [1.54, 1.807) is 12.3 Å². The molecule has 1 amide bonds. The van der Waals surface area contributed by atoms with Crippen LogP contribution in [0.2, 0.25) is 0 Å². The molecule has 0 aliphatic heterocycles. The lowest BCUT2D eigenvalue weighted by Crippen LogP contribution is -2.28. The van der Waals surface area contributed by atoms with Crippen molar-refractivity contribution >= 4 is 16.8 Å². The first-order chi connectivity index (χ1) is 13.3. The Labute approximate surface area is 162 Å². The molecule has 0 aliphatic carbocycles. The number of halogens is 3. The number of nitrogens with one attached hydrogen (secondary N) is 2. The molecule has 3 nitrogen and oxygen atoms in total. The maximum absolute atomic E-state index is 13.2. The van der Waals surface area contributed by atoms with Gasteiger partial charge in [0.15, 0.2) is 0 Å². The van der Waals surface area contributed by atoms with Crippen molar-refractivity contribution in [1.82, 2.24) is 10.3 Å². The van der Waals surface area contributed by atoms with Crippen LogP contribution in [0.25, 0.3) is 10.9 Å². The Morgan fingerprint density at radius 1 is 1.11 bits per heavy atom. The van der Waals surface area contributed by atoms with Crippen LogP contribution in [0.4, 0.5) is 13.2 Å². The van der Waals surface area contributed by atoms with Crippen molar-refractivity contribution in [2.45, 2.75) is 32.4 Å². The average Bonchev–Trinajstić information content (AvgIpc) is 3.08. The van der Waals surface area contributed by atoms with Crippen molar-refractivity contribution in [2.75, 3.05) is 6.54 Å². The fourth-order valence-electron chi connectivity index (χ4n) is 3.30. The zero-order valence-electron chi connectivity index (χ0n) is 15.8. The molecule has 2 N–H and O–H groups in total. The van der Waals surface area contributed by atoms with E-state index in [4.69, 9.17) is 0 Å². The van der Waals surface area contributed by atoms with Gasteiger partial charge >= 0.3 is 6.18 Å². The van der Waals surface area contributed by atoms with Crippen LogP contribution < -0.4 is 5.32 Å². The summed E-state index contributed by atoms with van der Waals surface area (Å²) in [5, 5.41) is 3.77. The maximum atomic E-state index is 13.2. The zero-order chi connectivity index (χ0) is 20.3. The van der Waals surface area contributed by atoms with Gasteiger partial charge in [-0.1, -0.05) is 50.2 Å². The molecule has 0 saturated heterocycles. The summed E-state index contributed by atoms with van der Waals surface area (Å²) in [6.07, 6.45) is -2.57. The Morgan fingerprint density at radius 3 is 2.57 bits per heavy atom. The molecule has 148 valence electrons. The number of aromatic amines is 1. The van der Waals surface area contributed by atoms with Crippen LogP contribution in [0.15, 0.2) is 54.7 Å². The topological polar surface area (TPSA) is 44.9 Å². The number of hydrogen-bond acceptors (Lipinski definition) is 1. The van der Waals surface area contributed by atoms with E-state index in [0.717, 1.165) is 28.6 Å². The first kappa shape index (κ1) is 20.0. The molecule has 3 rings (SSSR count). The van der Waals surface area contributed by atoms with Gasteiger partial charge < -0.3 is 10.3 Å². The summed E-state index contributed by atoms with van der Waals surface area (Å²) in [6.45, 7) is 4.51. The standard InChI is InChI=1S/C22H23F3N2O/c1-14(2)12-27-21(28)11-18(15-6-5-7-16(10-15)22(23,24)25)19-13-26-20-9-4-3-8-17(19)20/h3-10,13-14,18,26H,11-12H2,1-2H3,(H,27,28)/t18-/m1/s1. The van der Waals surface area contributed by atoms with E-state index in [9.17, 15) is 18.0 Å². The van der Waals surface area contributed by atoms with Crippen molar-refractivity contribution in [1.29, 1.82) is 0 Å². The van der Waals surface area contributed by atoms with E-state index >= 15 is 0 Å². The molecule has 6 heteroatoms. The average molecular weight is 388 g/mol. The fourth-order valence-corrected chi connectivity index (χ4v) is 3.30. The SMILES string of the molecule is CC(C)CNC(=O)C[C@H](c1cccc(C(F)(F)F)c1)c1c[nH]c2ccccc12. The van der Waals surface area contributed by atoms with Crippen molar-refractivity contribution in [2.24, 2.45) is 5.92 Å². The highest BCUT2D eigenvalue weighted by atomic mass is 19.4. The van der Waals surface area contributed by atoms with Gasteiger partial charge in [0, 0.05) is 36.0 Å². The van der Waals surface area contributed by atoms with Gasteiger partial charge in [0.05, 0.1) is 5.56 Å². The number of benzene rings is 2. The lowest BCUT2D eigenvalue weighted by molar-refractivity contribution is -0.137. The summed E-state index contributed by atoms with van der Waals surface area (Å²) in [7, 11) is 0. The van der Waals surface area contributed by atoms with E-state index in [0.29, 0.717) is 18.0 Å². The molecule has 1 atom stereocenters. The van der Waals surface area contributed by atoms with Crippen LogP contribution in [0.3, 0.4) is 0 Å². The van der Waals surface area contributed by atoms with E-state index in [2.05, 4.69) is 10.3 Å². The molecular formula is C22H23F3N2O. The minimum Gasteiger partial charge on any atom is -0.361 e. The molecule has 0 unspecified atom stereocenters. The molecule has 2 aromatic carbocycles. The van der Waals surface area contributed by atoms with Crippen molar-refractivity contribution in [3.63, 3.8) is 0 Å². The van der Waals surface area contributed by atoms with Crippen LogP contribution in [-0.4, -0.2) is 17.4 Å². The molecule has 0 aliphatic rings. The lowest BCUT2D eigenvalue weighted by Gasteiger charge is -2.19. The zero-order valence-corrected chi connectivity index (χ0v) is 15.8. The molecule has 0 bridgehead atoms. The van der Waals surface area contributed by atoms with Gasteiger partial charge in [-0.25, -0.2) is 0 Å². The molecule has 0 radical (unpaired) electrons. The summed E-state index contributed by atoms with van der Waals surface area (Å²) in [5.41, 5.74) is 1.46. The van der Waals surface area contributed by atoms with E-state index < -0.39 is 17.7 Å². The number of para-hydroxylation sites is 1. The first-order valence-corrected chi connectivity index (χ1v) is 9.25. The van der Waals surface area contributed by atoms with Crippen LogP contribution in [-0.2, 0) is 11.0 Å². The lowest BCUT2D eigenvalue weighted by atomic mass is 9.87. The van der Waals surface area contributed by atoms with E-state index in [1.807, 2.05) is 38.1 Å². The third-order valence-electron chi connectivity index (χ3n) is 4.71. The number of fused-ring (bicyclic) bond motifs is 1. The first-order valence-electron chi connectivity index (χ1n) is 9.25. The number of carbonyl (C=O) groups is 1. The predicted molar refractivity (Wildman–Crippen MR) is 104 cm³/mol. The summed E-state index contributed by atoms with van der Waals surface area (Å²) in [5.74, 6) is -0.365. The normalized spacial score (nSPS) is 13.1. The number of hydrogen-bond donors (Lipinski definition) is 2. The molecule has 3 aromatic rings. The van der Waals surface area contributed by atoms with Crippen molar-refractivity contribution in [3.05, 3.63) is 71.4 Å². The Hall–Kier alpha value is -2.76. The van der Waals surface area contributed by atoms with Crippen molar-refractivity contribution in [3.8, 4) is 0 Å². The molecule has 0 spiro atoms. The molecule has 1 aromatic heterocycles. The Balaban J connectivity index is 2.01. The van der Waals surface area contributed by atoms with Gasteiger partial charge in [0.2, 0.25) is 5.91 Å². The number of amides is 1. The molecule has 0 fully saturated rings. The van der Waals surface area contributed by atoms with Crippen LogP contribution in [0.1, 0.15) is 42.9 Å². The summed E-state index contributed by atoms with van der Waals surface area (Å²) >= 11 is 0. The molecule has 28 heavy (non-hydrogen) atoms. The molecular weight excluding hydrogens is 365 g/mol. The number of carbonyl (C=O) groups excluding carboxylic acids is 1. The van der Waals surface area contributed by atoms with E-state index in [1.165, 1.54) is 6.07 Å². The second-order valence-corrected chi connectivity index (χ2v) is 7.37. The van der Waals surface area contributed by atoms with Crippen LogP contribution >= 0.6 is 0 Å². The largest absolute Gasteiger partial charge is 0.416 e. The second-order valence-electron chi connectivity index (χ2n) is 7.37. The van der Waals surface area contributed by atoms with Gasteiger partial charge in [-0.05, 0) is 29.2 Å². The minimum atomic E-state index is -4.43. The Bertz CT molecular complexity index is 960. The predicted octanol–water partition coefficient (Wildman–Crippen LogP) is 5.48. The van der Waals surface area contributed by atoms with Crippen LogP contribution in [0.5, 0.6) is 0 Å². The Morgan fingerprint density at radius 2 is 1.86 bits per heavy atom. The van der Waals surface area contributed by atoms with Gasteiger partial charge in [0.25, 0.3) is 0 Å². The number of H-pyrrole nitrogens is 1. The highest BCUT2D eigenvalue weighted by Crippen LogP contribution is 2.36. The number of alkyl halides is 3. The van der Waals surface area contributed by atoms with Gasteiger partial charge in [-0.3, -0.25) is 4.79 Å². The highest BCUT2D eigenvalue weighted by molar-refractivity contribution is 5.86. The second kappa shape index (κ2) is 8.09. The van der Waals surface area contributed by atoms with Crippen LogP contribution in [0, 0.1) is 5.92 Å². The maximum Gasteiger partial charge on any atom is 0.416 e. The monoisotopic (exact) mass is 388 g/mol. The smallest absolute Gasteiger partial charge is 0.361 e. The Kier molecular flexibility index (Phi) is 5.77. The fraction of sp³-hybridized carbons (Fsp3) is 0.318. The number of rotatable bonds is 6. The van der Waals surface area contributed by atoms with Gasteiger partial charge in [0.1, 0.15) is 0 Å². The molecule has 0 saturated carbocycles. The third kappa shape index (κ3) is 4.55. The minimum absolute atomic E-state index is 0.0792. The highest BCUT2D eigenvalue weighted by Gasteiger charge is 2.31. The van der Waals surface area contributed by atoms with Gasteiger partial charge in [-0.15, -0.1) is 0 Å². The summed E-state index contributed by atoms with van der Waals surface area (Å²) in [4.78, 5) is 15.7. The summed E-state index contributed by atoms with van der Waals surface area (Å²) < 4.78 is 39.6. The molecule has 1 heterocycles. The van der Waals surface area contributed by atoms with Gasteiger partial charge in [-0.2, -0.15) is 13.2 Å².